The van der Waals surface area contributed by atoms with Crippen molar-refractivity contribution in [3.8, 4) is 17.1 Å². The summed E-state index contributed by atoms with van der Waals surface area (Å²) < 4.78 is 40.1. The van der Waals surface area contributed by atoms with Gasteiger partial charge in [0.2, 0.25) is 5.16 Å². The van der Waals surface area contributed by atoms with Crippen molar-refractivity contribution in [3.63, 3.8) is 0 Å². The van der Waals surface area contributed by atoms with Crippen molar-refractivity contribution < 1.29 is 13.2 Å². The maximum absolute atomic E-state index is 12.8. The molecule has 1 aromatic carbocycles. The van der Waals surface area contributed by atoms with Crippen LogP contribution in [0.4, 0.5) is 13.2 Å². The summed E-state index contributed by atoms with van der Waals surface area (Å²) in [5.74, 6) is 0.586. The smallest absolute Gasteiger partial charge is 0.270 e. The van der Waals surface area contributed by atoms with E-state index in [1.54, 1.807) is 12.4 Å². The average Bonchev–Trinajstić information content (AvgIpc) is 3.14. The predicted molar refractivity (Wildman–Crippen MR) is 105 cm³/mol. The minimum Gasteiger partial charge on any atom is -0.270 e. The lowest BCUT2D eigenvalue weighted by molar-refractivity contribution is -0.141. The van der Waals surface area contributed by atoms with E-state index < -0.39 is 11.9 Å². The van der Waals surface area contributed by atoms with Crippen LogP contribution in [-0.4, -0.2) is 29.9 Å². The van der Waals surface area contributed by atoms with Crippen LogP contribution in [0.5, 0.6) is 0 Å². The quantitative estimate of drug-likeness (QED) is 0.460. The van der Waals surface area contributed by atoms with Crippen LogP contribution in [0.3, 0.4) is 0 Å². The zero-order valence-electron chi connectivity index (χ0n) is 15.9. The normalized spacial score (nSPS) is 11.6. The Hall–Kier alpha value is -3.27. The van der Waals surface area contributed by atoms with Crippen molar-refractivity contribution in [3.05, 3.63) is 71.7 Å². The Morgan fingerprint density at radius 2 is 1.60 bits per heavy atom. The summed E-state index contributed by atoms with van der Waals surface area (Å²) in [5.41, 5.74) is 2.82. The fourth-order valence-corrected chi connectivity index (χ4v) is 3.51. The third kappa shape index (κ3) is 4.04. The molecule has 0 amide bonds. The Balaban J connectivity index is 1.78. The lowest BCUT2D eigenvalue weighted by atomic mass is 10.1. The molecule has 0 aliphatic rings. The molecule has 0 N–H and O–H groups in total. The zero-order valence-corrected chi connectivity index (χ0v) is 16.7. The molecule has 0 aliphatic heterocycles. The number of aryl methyl sites for hydroxylation is 2. The van der Waals surface area contributed by atoms with E-state index in [0.717, 1.165) is 40.2 Å². The molecule has 0 saturated carbocycles. The first-order chi connectivity index (χ1) is 14.3. The molecule has 0 fully saturated rings. The number of alkyl halides is 3. The highest BCUT2D eigenvalue weighted by Crippen LogP contribution is 2.33. The van der Waals surface area contributed by atoms with Crippen LogP contribution < -0.4 is 0 Å². The van der Waals surface area contributed by atoms with Crippen LogP contribution in [0.1, 0.15) is 16.8 Å². The molecule has 10 heteroatoms. The van der Waals surface area contributed by atoms with Gasteiger partial charge in [-0.2, -0.15) is 13.2 Å². The molecule has 0 radical (unpaired) electrons. The van der Waals surface area contributed by atoms with E-state index in [4.69, 9.17) is 0 Å². The SMILES string of the molecule is Cc1ccc(-n2c(Sc3ccc(C(F)(F)F)nn3)nnc2-c2ccncc2)cc1C. The van der Waals surface area contributed by atoms with Gasteiger partial charge in [-0.25, -0.2) is 0 Å². The molecular weight excluding hydrogens is 413 g/mol. The first-order valence-electron chi connectivity index (χ1n) is 8.85. The minimum absolute atomic E-state index is 0.279. The van der Waals surface area contributed by atoms with Crippen molar-refractivity contribution in [2.45, 2.75) is 30.2 Å². The number of hydrogen-bond donors (Lipinski definition) is 0. The van der Waals surface area contributed by atoms with Crippen molar-refractivity contribution in [1.29, 1.82) is 0 Å². The Labute approximate surface area is 174 Å². The monoisotopic (exact) mass is 428 g/mol. The lowest BCUT2D eigenvalue weighted by Crippen LogP contribution is -2.09. The molecule has 6 nitrogen and oxygen atoms in total. The highest BCUT2D eigenvalue weighted by atomic mass is 32.2. The van der Waals surface area contributed by atoms with E-state index in [1.807, 2.05) is 48.7 Å². The molecule has 0 aliphatic carbocycles. The summed E-state index contributed by atoms with van der Waals surface area (Å²) in [4.78, 5) is 4.03. The van der Waals surface area contributed by atoms with Crippen molar-refractivity contribution in [1.82, 2.24) is 29.9 Å². The van der Waals surface area contributed by atoms with Crippen LogP contribution in [0.2, 0.25) is 0 Å². The number of hydrogen-bond acceptors (Lipinski definition) is 6. The summed E-state index contributed by atoms with van der Waals surface area (Å²) in [6, 6.07) is 11.7. The van der Waals surface area contributed by atoms with Gasteiger partial charge in [0.1, 0.15) is 5.03 Å². The van der Waals surface area contributed by atoms with E-state index in [-0.39, 0.29) is 5.03 Å². The van der Waals surface area contributed by atoms with Gasteiger partial charge in [-0.15, -0.1) is 20.4 Å². The fourth-order valence-electron chi connectivity index (χ4n) is 2.74. The Kier molecular flexibility index (Phi) is 5.25. The molecule has 3 aromatic heterocycles. The van der Waals surface area contributed by atoms with Crippen LogP contribution in [0, 0.1) is 13.8 Å². The van der Waals surface area contributed by atoms with Crippen molar-refractivity contribution in [2.75, 3.05) is 0 Å². The summed E-state index contributed by atoms with van der Waals surface area (Å²) >= 11 is 1.09. The minimum atomic E-state index is -4.54. The topological polar surface area (TPSA) is 69.4 Å². The second-order valence-electron chi connectivity index (χ2n) is 6.50. The molecule has 4 rings (SSSR count). The highest BCUT2D eigenvalue weighted by molar-refractivity contribution is 7.99. The van der Waals surface area contributed by atoms with Gasteiger partial charge in [-0.05, 0) is 73.1 Å². The maximum atomic E-state index is 12.8. The van der Waals surface area contributed by atoms with Crippen molar-refractivity contribution >= 4 is 11.8 Å². The molecule has 0 unspecified atom stereocenters. The number of benzene rings is 1. The standard InChI is InChI=1S/C20H15F3N6S/c1-12-3-4-15(11-13(12)2)29-18(14-7-9-24-10-8-14)27-28-19(29)30-17-6-5-16(25-26-17)20(21,22)23/h3-11H,1-2H3. The summed E-state index contributed by atoms with van der Waals surface area (Å²) in [7, 11) is 0. The van der Waals surface area contributed by atoms with Crippen LogP contribution in [0.25, 0.3) is 17.1 Å². The second kappa shape index (κ2) is 7.86. The largest absolute Gasteiger partial charge is 0.435 e. The van der Waals surface area contributed by atoms with Gasteiger partial charge in [0.25, 0.3) is 0 Å². The zero-order chi connectivity index (χ0) is 21.3. The van der Waals surface area contributed by atoms with E-state index in [1.165, 1.54) is 6.07 Å². The van der Waals surface area contributed by atoms with Gasteiger partial charge < -0.3 is 0 Å². The molecule has 0 saturated heterocycles. The predicted octanol–water partition coefficient (Wildman–Crippen LogP) is 4.91. The highest BCUT2D eigenvalue weighted by Gasteiger charge is 2.33. The van der Waals surface area contributed by atoms with Gasteiger partial charge in [-0.3, -0.25) is 9.55 Å². The van der Waals surface area contributed by atoms with Gasteiger partial charge in [0.15, 0.2) is 11.5 Å². The second-order valence-corrected chi connectivity index (χ2v) is 7.49. The Morgan fingerprint density at radius 3 is 2.23 bits per heavy atom. The third-order valence-corrected chi connectivity index (χ3v) is 5.32. The molecule has 0 atom stereocenters. The molecule has 152 valence electrons. The summed E-state index contributed by atoms with van der Waals surface area (Å²) in [5, 5.41) is 16.3. The lowest BCUT2D eigenvalue weighted by Gasteiger charge is -2.12. The number of halogens is 3. The van der Waals surface area contributed by atoms with E-state index in [9.17, 15) is 13.2 Å². The van der Waals surface area contributed by atoms with Gasteiger partial charge in [0.05, 0.1) is 5.69 Å². The van der Waals surface area contributed by atoms with Gasteiger partial charge in [0, 0.05) is 18.0 Å². The molecule has 30 heavy (non-hydrogen) atoms. The average molecular weight is 428 g/mol. The Bertz CT molecular complexity index is 1170. The maximum Gasteiger partial charge on any atom is 0.435 e. The number of nitrogens with zero attached hydrogens (tertiary/aromatic N) is 6. The summed E-state index contributed by atoms with van der Waals surface area (Å²) in [6.45, 7) is 4.02. The molecule has 3 heterocycles. The molecule has 4 aromatic rings. The van der Waals surface area contributed by atoms with Gasteiger partial charge in [-0.1, -0.05) is 6.07 Å². The van der Waals surface area contributed by atoms with Crippen LogP contribution in [-0.2, 0) is 6.18 Å². The van der Waals surface area contributed by atoms with E-state index in [0.29, 0.717) is 11.0 Å². The molecule has 0 bridgehead atoms. The van der Waals surface area contributed by atoms with E-state index in [2.05, 4.69) is 25.4 Å². The van der Waals surface area contributed by atoms with Crippen LogP contribution in [0.15, 0.2) is 65.0 Å². The van der Waals surface area contributed by atoms with Crippen LogP contribution >= 0.6 is 11.8 Å². The third-order valence-electron chi connectivity index (χ3n) is 4.45. The van der Waals surface area contributed by atoms with Crippen molar-refractivity contribution in [2.24, 2.45) is 0 Å². The number of pyridine rings is 1. The Morgan fingerprint density at radius 1 is 0.833 bits per heavy atom. The number of aromatic nitrogens is 6. The van der Waals surface area contributed by atoms with E-state index >= 15 is 0 Å². The summed E-state index contributed by atoms with van der Waals surface area (Å²) in [6.07, 6.45) is -1.23. The fraction of sp³-hybridized carbons (Fsp3) is 0.150. The van der Waals surface area contributed by atoms with Gasteiger partial charge >= 0.3 is 6.18 Å². The molecular formula is C20H15F3N6S. The first kappa shape index (κ1) is 20.0. The number of rotatable bonds is 4. The first-order valence-corrected chi connectivity index (χ1v) is 9.67. The molecule has 0 spiro atoms.